The van der Waals surface area contributed by atoms with Gasteiger partial charge in [-0.2, -0.15) is 0 Å². The van der Waals surface area contributed by atoms with Crippen LogP contribution in [0.1, 0.15) is 24.3 Å². The van der Waals surface area contributed by atoms with Crippen LogP contribution >= 0.6 is 11.6 Å². The van der Waals surface area contributed by atoms with Gasteiger partial charge in [-0.15, -0.1) is 4.99 Å². The molecule has 0 saturated carbocycles. The van der Waals surface area contributed by atoms with E-state index in [0.29, 0.717) is 0 Å². The number of nitrogens with one attached hydrogen (secondary N) is 2. The normalized spacial score (nSPS) is 10.8. The Bertz CT molecular complexity index is 754. The number of amides is 3. The Balaban J connectivity index is 3.10. The maximum atomic E-state index is 12.4. The number of ether oxygens (including phenoxy) is 2. The number of nitrogen functional groups attached to an aromatic ring is 1. The second-order valence-corrected chi connectivity index (χ2v) is 5.28. The summed E-state index contributed by atoms with van der Waals surface area (Å²) in [6, 6.07) is 0. The summed E-state index contributed by atoms with van der Waals surface area (Å²) in [5.74, 6) is -1.40. The number of aromatic nitrogens is 2. The summed E-state index contributed by atoms with van der Waals surface area (Å²) in [5, 5.41) is 4.20. The van der Waals surface area contributed by atoms with Crippen LogP contribution in [0.25, 0.3) is 0 Å². The first-order valence-electron chi connectivity index (χ1n) is 7.70. The standard InChI is InChI=1S/C14H20ClN7O5/c1-5-26-13(24)20-12(21-14(25)27-6-2)19-11(23)7-9(16)18-10(22(3)4)8(15)17-7/h5-6H2,1-4H3,(H2,16,18)(H2,19,20,21,23,24,25). The van der Waals surface area contributed by atoms with E-state index < -0.39 is 24.1 Å². The monoisotopic (exact) mass is 401 g/mol. The molecule has 0 spiro atoms. The van der Waals surface area contributed by atoms with Gasteiger partial charge in [0.05, 0.1) is 13.2 Å². The molecule has 0 saturated heterocycles. The van der Waals surface area contributed by atoms with Crippen LogP contribution in [-0.4, -0.2) is 61.3 Å². The third-order valence-corrected chi connectivity index (χ3v) is 2.95. The van der Waals surface area contributed by atoms with Gasteiger partial charge in [0, 0.05) is 14.1 Å². The number of alkyl carbamates (subject to hydrolysis) is 1. The second kappa shape index (κ2) is 10.1. The van der Waals surface area contributed by atoms with Crippen molar-refractivity contribution in [2.75, 3.05) is 37.9 Å². The van der Waals surface area contributed by atoms with Crippen molar-refractivity contribution in [1.29, 1.82) is 0 Å². The van der Waals surface area contributed by atoms with E-state index in [1.54, 1.807) is 32.8 Å². The van der Waals surface area contributed by atoms with Crippen LogP contribution in [0.15, 0.2) is 4.99 Å². The number of nitrogens with zero attached hydrogens (tertiary/aromatic N) is 4. The molecule has 0 fully saturated rings. The average Bonchev–Trinajstić information content (AvgIpc) is 2.56. The fraction of sp³-hybridized carbons (Fsp3) is 0.429. The predicted octanol–water partition coefficient (Wildman–Crippen LogP) is 0.767. The average molecular weight is 402 g/mol. The molecule has 12 nitrogen and oxygen atoms in total. The molecule has 0 bridgehead atoms. The van der Waals surface area contributed by atoms with E-state index in [4.69, 9.17) is 17.3 Å². The molecule has 27 heavy (non-hydrogen) atoms. The van der Waals surface area contributed by atoms with Crippen LogP contribution in [0, 0.1) is 0 Å². The van der Waals surface area contributed by atoms with E-state index in [0.717, 1.165) is 0 Å². The zero-order valence-electron chi connectivity index (χ0n) is 15.2. The summed E-state index contributed by atoms with van der Waals surface area (Å²) < 4.78 is 9.31. The van der Waals surface area contributed by atoms with Crippen molar-refractivity contribution in [3.63, 3.8) is 0 Å². The van der Waals surface area contributed by atoms with Gasteiger partial charge < -0.3 is 20.1 Å². The maximum absolute atomic E-state index is 12.4. The van der Waals surface area contributed by atoms with Gasteiger partial charge in [0.25, 0.3) is 5.91 Å². The Morgan fingerprint density at radius 2 is 1.78 bits per heavy atom. The summed E-state index contributed by atoms with van der Waals surface area (Å²) in [4.78, 5) is 48.3. The molecule has 148 valence electrons. The van der Waals surface area contributed by atoms with Crippen LogP contribution in [0.5, 0.6) is 0 Å². The third kappa shape index (κ3) is 6.58. The number of rotatable bonds is 4. The van der Waals surface area contributed by atoms with Crippen molar-refractivity contribution in [3.05, 3.63) is 10.8 Å². The van der Waals surface area contributed by atoms with Gasteiger partial charge in [0.15, 0.2) is 22.5 Å². The molecule has 1 aromatic rings. The first-order valence-corrected chi connectivity index (χ1v) is 8.08. The zero-order chi connectivity index (χ0) is 20.6. The van der Waals surface area contributed by atoms with Crippen molar-refractivity contribution in [1.82, 2.24) is 20.6 Å². The third-order valence-electron chi connectivity index (χ3n) is 2.70. The number of aliphatic imine (C=N–C) groups is 1. The van der Waals surface area contributed by atoms with Gasteiger partial charge >= 0.3 is 12.2 Å². The molecule has 0 aliphatic heterocycles. The largest absolute Gasteiger partial charge is 0.450 e. The number of halogens is 1. The highest BCUT2D eigenvalue weighted by Crippen LogP contribution is 2.22. The minimum absolute atomic E-state index is 0.0446. The summed E-state index contributed by atoms with van der Waals surface area (Å²) >= 11 is 5.98. The number of carbonyl (C=O) groups is 3. The number of nitrogens with two attached hydrogens (primary N) is 1. The summed E-state index contributed by atoms with van der Waals surface area (Å²) in [5.41, 5.74) is 5.41. The molecule has 0 radical (unpaired) electrons. The molecule has 1 heterocycles. The molecule has 0 aliphatic rings. The highest BCUT2D eigenvalue weighted by Gasteiger charge is 2.21. The van der Waals surface area contributed by atoms with Crippen LogP contribution < -0.4 is 21.3 Å². The fourth-order valence-electron chi connectivity index (χ4n) is 1.63. The molecule has 4 N–H and O–H groups in total. The van der Waals surface area contributed by atoms with E-state index in [-0.39, 0.29) is 35.7 Å². The molecule has 1 aromatic heterocycles. The lowest BCUT2D eigenvalue weighted by atomic mass is 10.3. The SMILES string of the molecule is CCOC(=O)/N=C(\NC(=O)OCC)NC(=O)c1nc(Cl)c(N(C)C)nc1N. The molecule has 0 aliphatic carbocycles. The van der Waals surface area contributed by atoms with E-state index >= 15 is 0 Å². The lowest BCUT2D eigenvalue weighted by Gasteiger charge is -2.15. The molecule has 0 unspecified atom stereocenters. The van der Waals surface area contributed by atoms with Gasteiger partial charge in [-0.3, -0.25) is 15.4 Å². The minimum atomic E-state index is -1.04. The lowest BCUT2D eigenvalue weighted by molar-refractivity contribution is 0.0971. The molecule has 3 amide bonds. The van der Waals surface area contributed by atoms with Crippen molar-refractivity contribution in [2.45, 2.75) is 13.8 Å². The number of anilines is 2. The number of carbonyl (C=O) groups excluding carboxylic acids is 3. The topological polar surface area (TPSA) is 161 Å². The first kappa shape index (κ1) is 21.9. The predicted molar refractivity (Wildman–Crippen MR) is 97.9 cm³/mol. The highest BCUT2D eigenvalue weighted by atomic mass is 35.5. The molecule has 13 heteroatoms. The highest BCUT2D eigenvalue weighted by molar-refractivity contribution is 6.32. The Labute approximate surface area is 160 Å². The smallest absolute Gasteiger partial charge is 0.436 e. The van der Waals surface area contributed by atoms with Gasteiger partial charge in [0.2, 0.25) is 5.96 Å². The van der Waals surface area contributed by atoms with Gasteiger partial charge in [-0.05, 0) is 13.8 Å². The van der Waals surface area contributed by atoms with E-state index in [1.165, 1.54) is 0 Å². The zero-order valence-corrected chi connectivity index (χ0v) is 16.0. The Hall–Kier alpha value is -3.15. The second-order valence-electron chi connectivity index (χ2n) is 4.93. The molecule has 0 aromatic carbocycles. The minimum Gasteiger partial charge on any atom is -0.450 e. The quantitative estimate of drug-likeness (QED) is 0.488. The molecular weight excluding hydrogens is 382 g/mol. The van der Waals surface area contributed by atoms with E-state index in [9.17, 15) is 14.4 Å². The molecule has 0 atom stereocenters. The van der Waals surface area contributed by atoms with Crippen molar-refractivity contribution < 1.29 is 23.9 Å². The van der Waals surface area contributed by atoms with Crippen molar-refractivity contribution >= 4 is 47.3 Å². The molecule has 1 rings (SSSR count). The van der Waals surface area contributed by atoms with Crippen LogP contribution in [0.4, 0.5) is 21.2 Å². The Morgan fingerprint density at radius 1 is 1.15 bits per heavy atom. The van der Waals surface area contributed by atoms with Gasteiger partial charge in [0.1, 0.15) is 0 Å². The Kier molecular flexibility index (Phi) is 8.20. The van der Waals surface area contributed by atoms with Gasteiger partial charge in [-0.25, -0.2) is 19.6 Å². The molecular formula is C14H20ClN7O5. The fourth-order valence-corrected chi connectivity index (χ4v) is 1.93. The van der Waals surface area contributed by atoms with Gasteiger partial charge in [-0.1, -0.05) is 11.6 Å². The maximum Gasteiger partial charge on any atom is 0.436 e. The van der Waals surface area contributed by atoms with E-state index in [2.05, 4.69) is 35.1 Å². The summed E-state index contributed by atoms with van der Waals surface area (Å²) in [7, 11) is 3.34. The van der Waals surface area contributed by atoms with Crippen molar-refractivity contribution in [3.8, 4) is 0 Å². The summed E-state index contributed by atoms with van der Waals surface area (Å²) in [6.07, 6.45) is -1.98. The number of guanidine groups is 1. The lowest BCUT2D eigenvalue weighted by Crippen LogP contribution is -2.45. The first-order chi connectivity index (χ1) is 12.7. The van der Waals surface area contributed by atoms with E-state index in [1.807, 2.05) is 0 Å². The van der Waals surface area contributed by atoms with Crippen LogP contribution in [0.2, 0.25) is 5.15 Å². The van der Waals surface area contributed by atoms with Crippen LogP contribution in [0.3, 0.4) is 0 Å². The Morgan fingerprint density at radius 3 is 2.33 bits per heavy atom. The van der Waals surface area contributed by atoms with Crippen LogP contribution in [-0.2, 0) is 9.47 Å². The summed E-state index contributed by atoms with van der Waals surface area (Å²) in [6.45, 7) is 3.25. The van der Waals surface area contributed by atoms with Crippen molar-refractivity contribution in [2.24, 2.45) is 4.99 Å². The number of hydrogen-bond donors (Lipinski definition) is 3. The number of hydrogen-bond acceptors (Lipinski definition) is 9.